The van der Waals surface area contributed by atoms with E-state index in [2.05, 4.69) is 272 Å². The van der Waals surface area contributed by atoms with E-state index < -0.39 is 0 Å². The van der Waals surface area contributed by atoms with Crippen molar-refractivity contribution in [1.29, 1.82) is 0 Å². The first-order valence-corrected chi connectivity index (χ1v) is 34.4. The summed E-state index contributed by atoms with van der Waals surface area (Å²) in [5.74, 6) is 0. The number of rotatable bonds is 20. The van der Waals surface area contributed by atoms with E-state index in [0.717, 1.165) is 62.4 Å². The van der Waals surface area contributed by atoms with Gasteiger partial charge >= 0.3 is 0 Å². The molecule has 4 aromatic heterocycles. The van der Waals surface area contributed by atoms with Crippen molar-refractivity contribution in [2.75, 3.05) is 0 Å². The molecule has 5 heteroatoms. The van der Waals surface area contributed by atoms with Gasteiger partial charge in [0, 0.05) is 59.9 Å². The average Bonchev–Trinajstić information content (AvgIpc) is 1.55. The molecule has 0 bridgehead atoms. The first kappa shape index (κ1) is 59.3. The summed E-state index contributed by atoms with van der Waals surface area (Å²) in [4.78, 5) is 0. The van der Waals surface area contributed by atoms with Crippen molar-refractivity contribution in [3.63, 3.8) is 0 Å². The number of hydrogen-bond donors (Lipinski definition) is 0. The lowest BCUT2D eigenvalue weighted by Gasteiger charge is -3.00. The molecule has 0 spiro atoms. The van der Waals surface area contributed by atoms with Crippen molar-refractivity contribution in [3.05, 3.63) is 266 Å². The maximum absolute atomic E-state index is 6.37. The van der Waals surface area contributed by atoms with Crippen molar-refractivity contribution in [2.45, 2.75) is 109 Å². The molecular weight excluding hydrogens is 1160 g/mol. The molecule has 1 aliphatic carbocycles. The zero-order chi connectivity index (χ0) is 62.0. The van der Waals surface area contributed by atoms with Gasteiger partial charge in [-0.15, -0.1) is 0 Å². The zero-order valence-electron chi connectivity index (χ0n) is 53.8. The Labute approximate surface area is 554 Å². The predicted octanol–water partition coefficient (Wildman–Crippen LogP) is 27.0. The highest BCUT2D eigenvalue weighted by atomic mass is 31.0. The summed E-state index contributed by atoms with van der Waals surface area (Å²) in [6.45, 7) is 4.66. The van der Waals surface area contributed by atoms with Crippen LogP contribution in [-0.2, 0) is 5.41 Å². The number of furan rings is 2. The van der Waals surface area contributed by atoms with Crippen LogP contribution < -0.4 is 0 Å². The minimum Gasteiger partial charge on any atom is -3.00 e. The van der Waals surface area contributed by atoms with Crippen molar-refractivity contribution in [1.82, 2.24) is 9.13 Å². The lowest BCUT2D eigenvalue weighted by Crippen LogP contribution is -2.26. The Bertz CT molecular complexity index is 5490. The number of hydrogen-bond acceptors (Lipinski definition) is 2. The van der Waals surface area contributed by atoms with Gasteiger partial charge < -0.3 is 27.9 Å². The van der Waals surface area contributed by atoms with Gasteiger partial charge in [0.1, 0.15) is 22.3 Å². The molecule has 0 amide bonds. The Morgan fingerprint density at radius 1 is 0.266 bits per heavy atom. The monoisotopic (exact) mass is 1240 g/mol. The molecule has 0 unspecified atom stereocenters. The molecule has 0 N–H and O–H groups in total. The first-order chi connectivity index (χ1) is 46.0. The zero-order valence-corrected chi connectivity index (χ0v) is 54.7. The second-order valence-corrected chi connectivity index (χ2v) is 26.5. The second-order valence-electron chi connectivity index (χ2n) is 26.5. The number of nitrogens with zero attached hydrogens (tertiary/aromatic N) is 2. The Balaban J connectivity index is 0.00000699. The summed E-state index contributed by atoms with van der Waals surface area (Å²) in [6.07, 6.45) is 17.7. The fourth-order valence-corrected chi connectivity index (χ4v) is 16.2. The lowest BCUT2D eigenvalue weighted by atomic mass is 9.70. The van der Waals surface area contributed by atoms with E-state index in [1.165, 1.54) is 193 Å². The van der Waals surface area contributed by atoms with Crippen molar-refractivity contribution < 1.29 is 8.83 Å². The summed E-state index contributed by atoms with van der Waals surface area (Å²) in [6, 6.07) is 95.6. The van der Waals surface area contributed by atoms with Crippen LogP contribution in [0.3, 0.4) is 0 Å². The number of benzene rings is 12. The molecule has 4 heterocycles. The summed E-state index contributed by atoms with van der Waals surface area (Å²) in [7, 11) is 0. The number of para-hydroxylation sites is 3. The molecule has 0 radical (unpaired) electrons. The van der Waals surface area contributed by atoms with Crippen LogP contribution in [0.1, 0.15) is 115 Å². The van der Waals surface area contributed by atoms with Crippen molar-refractivity contribution in [3.8, 4) is 67.0 Å². The van der Waals surface area contributed by atoms with Crippen LogP contribution >= 0.6 is 9.90 Å². The first-order valence-electron chi connectivity index (χ1n) is 34.4. The van der Waals surface area contributed by atoms with E-state index >= 15 is 0 Å². The highest BCUT2D eigenvalue weighted by Gasteiger charge is 2.43. The van der Waals surface area contributed by atoms with E-state index in [0.29, 0.717) is 0 Å². The van der Waals surface area contributed by atoms with E-state index in [1.54, 1.807) is 0 Å². The van der Waals surface area contributed by atoms with Crippen LogP contribution in [0.4, 0.5) is 0 Å². The van der Waals surface area contributed by atoms with Gasteiger partial charge in [0.15, 0.2) is 0 Å². The highest BCUT2D eigenvalue weighted by Crippen LogP contribution is 2.56. The quantitative estimate of drug-likeness (QED) is 0.0563. The van der Waals surface area contributed by atoms with Gasteiger partial charge in [-0.05, 0) is 195 Å². The molecule has 17 rings (SSSR count). The van der Waals surface area contributed by atoms with Gasteiger partial charge in [0.25, 0.3) is 0 Å². The summed E-state index contributed by atoms with van der Waals surface area (Å²) in [5, 5.41) is 9.45. The molecule has 0 aliphatic heterocycles. The fraction of sp³-hybridized carbons (Fsp3) is 0.191. The molecule has 16 aromatic rings. The SMILES string of the molecule is CCCCCCCCC1(CCCCCCCC)c2cc(-c3ccccc3)ccc2-c2ccc(-n3c4ccc(-c5ccc6oc7ccccc7c6c5)cc4c4cc(-c5ccc6c(c5)c5cc(-c7ccc8oc9ccccc9c8c7)ccc5n6-c5ccccc5)ccc43)cc21.[P-3]. The summed E-state index contributed by atoms with van der Waals surface area (Å²) < 4.78 is 17.7. The number of aromatic nitrogens is 2. The molecule has 12 aromatic carbocycles. The maximum atomic E-state index is 6.37. The molecule has 0 atom stereocenters. The van der Waals surface area contributed by atoms with Crippen LogP contribution in [0.25, 0.3) is 154 Å². The third kappa shape index (κ3) is 10.2. The normalized spacial score (nSPS) is 12.7. The Morgan fingerprint density at radius 3 is 1.10 bits per heavy atom. The molecular formula is C89H76N2O2P-3. The van der Waals surface area contributed by atoms with Gasteiger partial charge in [0.05, 0.1) is 22.1 Å². The molecule has 0 saturated carbocycles. The molecule has 1 aliphatic rings. The third-order valence-electron chi connectivity index (χ3n) is 20.9. The van der Waals surface area contributed by atoms with Gasteiger partial charge in [-0.1, -0.05) is 230 Å². The highest BCUT2D eigenvalue weighted by molar-refractivity contribution is 6.92. The molecule has 94 heavy (non-hydrogen) atoms. The summed E-state index contributed by atoms with van der Waals surface area (Å²) in [5.41, 5.74) is 26.2. The third-order valence-corrected chi connectivity index (χ3v) is 20.9. The topological polar surface area (TPSA) is 36.1 Å². The fourth-order valence-electron chi connectivity index (χ4n) is 16.2. The van der Waals surface area contributed by atoms with Crippen LogP contribution in [-0.4, -0.2) is 9.13 Å². The molecule has 4 nitrogen and oxygen atoms in total. The second kappa shape index (κ2) is 25.0. The lowest BCUT2D eigenvalue weighted by molar-refractivity contribution is 0.398. The van der Waals surface area contributed by atoms with E-state index in [-0.39, 0.29) is 15.3 Å². The smallest absolute Gasteiger partial charge is 0.135 e. The van der Waals surface area contributed by atoms with Crippen molar-refractivity contribution in [2.24, 2.45) is 0 Å². The minimum absolute atomic E-state index is 0. The molecule has 0 saturated heterocycles. The van der Waals surface area contributed by atoms with E-state index in [4.69, 9.17) is 8.83 Å². The Hall–Kier alpha value is -9.73. The van der Waals surface area contributed by atoms with E-state index in [1.807, 2.05) is 6.07 Å². The average molecular weight is 1240 g/mol. The maximum Gasteiger partial charge on any atom is 0.135 e. The van der Waals surface area contributed by atoms with E-state index in [9.17, 15) is 0 Å². The predicted molar refractivity (Wildman–Crippen MR) is 401 cm³/mol. The van der Waals surface area contributed by atoms with Crippen LogP contribution in [0.2, 0.25) is 0 Å². The number of fused-ring (bicyclic) bond motifs is 15. The van der Waals surface area contributed by atoms with Crippen molar-refractivity contribution >= 4 is 97.4 Å². The van der Waals surface area contributed by atoms with Crippen LogP contribution in [0.15, 0.2) is 264 Å². The largest absolute Gasteiger partial charge is 3.00 e. The Kier molecular flexibility index (Phi) is 15.7. The molecule has 0 fully saturated rings. The Morgan fingerprint density at radius 2 is 0.617 bits per heavy atom. The van der Waals surface area contributed by atoms with Crippen LogP contribution in [0.5, 0.6) is 0 Å². The van der Waals surface area contributed by atoms with Crippen LogP contribution in [0, 0.1) is 0 Å². The van der Waals surface area contributed by atoms with Gasteiger partial charge in [-0.3, -0.25) is 0 Å². The van der Waals surface area contributed by atoms with Gasteiger partial charge in [0.2, 0.25) is 0 Å². The van der Waals surface area contributed by atoms with Gasteiger partial charge in [-0.25, -0.2) is 0 Å². The van der Waals surface area contributed by atoms with Gasteiger partial charge in [-0.2, -0.15) is 0 Å². The minimum atomic E-state index is -0.110. The standard InChI is InChI=1S/C89H76N2O2.P/c1-3-5-7-9-11-23-49-89(50-24-12-10-8-6-4-2)79-57-66(59-25-15-13-16-26-59)33-41-69(79)70-42-40-68(58-80(70)89)91-83-45-36-61(52-75(83)76-54-63(37-46-84(76)91)65-39-48-88-78(56-65)72-30-20-22-32-86(72)93-88)60-34-43-81-73(51-60)74-53-62(35-44-82(74)90(81)67-27-17-14-18-28-67)64-38-47-87-77(55-64)71-29-19-21-31-85(71)92-87;/h13-22,25-48,51-58H,3-12,23-24,49-50H2,1-2H3;/q;-3. The molecule has 462 valence electrons. The number of unbranched alkanes of at least 4 members (excludes halogenated alkanes) is 10. The summed E-state index contributed by atoms with van der Waals surface area (Å²) >= 11 is 0.